The first kappa shape index (κ1) is 14.7. The Morgan fingerprint density at radius 3 is 2.58 bits per heavy atom. The van der Waals surface area contributed by atoms with Gasteiger partial charge >= 0.3 is 0 Å². The molecule has 19 heavy (non-hydrogen) atoms. The molecule has 1 aromatic carbocycles. The maximum absolute atomic E-state index is 5.82. The van der Waals surface area contributed by atoms with Gasteiger partial charge in [-0.15, -0.1) is 0 Å². The molecule has 1 saturated heterocycles. The Kier molecular flexibility index (Phi) is 4.44. The molecular formula is C16H25BrN2. The van der Waals surface area contributed by atoms with Gasteiger partial charge in [-0.1, -0.05) is 20.8 Å². The molecule has 1 atom stereocenters. The van der Waals surface area contributed by atoms with Crippen molar-refractivity contribution in [3.63, 3.8) is 0 Å². The molecule has 3 heteroatoms. The van der Waals surface area contributed by atoms with Crippen LogP contribution in [0, 0.1) is 11.3 Å². The average molecular weight is 325 g/mol. The Balaban J connectivity index is 2.11. The van der Waals surface area contributed by atoms with Crippen molar-refractivity contribution in [1.29, 1.82) is 0 Å². The number of nitrogens with two attached hydrogens (primary N) is 1. The number of halogens is 1. The Morgan fingerprint density at radius 1 is 1.21 bits per heavy atom. The van der Waals surface area contributed by atoms with Crippen LogP contribution in [0.4, 0.5) is 11.4 Å². The van der Waals surface area contributed by atoms with E-state index in [-0.39, 0.29) is 0 Å². The molecule has 2 nitrogen and oxygen atoms in total. The molecule has 1 aliphatic heterocycles. The first-order valence-corrected chi connectivity index (χ1v) is 7.97. The standard InChI is InChI=1S/C16H25BrN2/c1-16(2,3)12-5-4-9-19(10-8-12)15-7-6-13(18)11-14(15)17/h6-7,11-12H,4-5,8-10,18H2,1-3H3. The summed E-state index contributed by atoms with van der Waals surface area (Å²) in [5, 5.41) is 0. The highest BCUT2D eigenvalue weighted by Gasteiger charge is 2.27. The molecule has 2 N–H and O–H groups in total. The molecule has 0 bridgehead atoms. The van der Waals surface area contributed by atoms with E-state index in [2.05, 4.69) is 47.7 Å². The Morgan fingerprint density at radius 2 is 1.95 bits per heavy atom. The van der Waals surface area contributed by atoms with Crippen LogP contribution in [0.2, 0.25) is 0 Å². The molecule has 0 radical (unpaired) electrons. The fourth-order valence-corrected chi connectivity index (χ4v) is 3.63. The lowest BCUT2D eigenvalue weighted by atomic mass is 9.77. The van der Waals surface area contributed by atoms with Crippen molar-refractivity contribution in [2.24, 2.45) is 11.3 Å². The van der Waals surface area contributed by atoms with Crippen LogP contribution in [0.15, 0.2) is 22.7 Å². The van der Waals surface area contributed by atoms with Gasteiger partial charge in [-0.2, -0.15) is 0 Å². The van der Waals surface area contributed by atoms with E-state index in [0.717, 1.165) is 29.2 Å². The van der Waals surface area contributed by atoms with Gasteiger partial charge in [0.1, 0.15) is 0 Å². The fraction of sp³-hybridized carbons (Fsp3) is 0.625. The first-order valence-electron chi connectivity index (χ1n) is 7.18. The largest absolute Gasteiger partial charge is 0.399 e. The van der Waals surface area contributed by atoms with E-state index < -0.39 is 0 Å². The minimum atomic E-state index is 0.425. The van der Waals surface area contributed by atoms with Crippen LogP contribution < -0.4 is 10.6 Å². The SMILES string of the molecule is CC(C)(C)C1CCCN(c2ccc(N)cc2Br)CC1. The minimum absolute atomic E-state index is 0.425. The van der Waals surface area contributed by atoms with Crippen LogP contribution in [-0.4, -0.2) is 13.1 Å². The fourth-order valence-electron chi connectivity index (χ4n) is 2.98. The summed E-state index contributed by atoms with van der Waals surface area (Å²) < 4.78 is 1.11. The van der Waals surface area contributed by atoms with E-state index >= 15 is 0 Å². The third-order valence-electron chi connectivity index (χ3n) is 4.27. The number of nitrogens with zero attached hydrogens (tertiary/aromatic N) is 1. The quantitative estimate of drug-likeness (QED) is 0.759. The lowest BCUT2D eigenvalue weighted by molar-refractivity contribution is 0.220. The number of rotatable bonds is 1. The smallest absolute Gasteiger partial charge is 0.0512 e. The monoisotopic (exact) mass is 324 g/mol. The Labute approximate surface area is 125 Å². The number of hydrogen-bond donors (Lipinski definition) is 1. The summed E-state index contributed by atoms with van der Waals surface area (Å²) in [4.78, 5) is 2.50. The summed E-state index contributed by atoms with van der Waals surface area (Å²) in [6, 6.07) is 6.13. The molecule has 106 valence electrons. The second-order valence-electron chi connectivity index (χ2n) is 6.69. The van der Waals surface area contributed by atoms with Crippen molar-refractivity contribution in [2.75, 3.05) is 23.7 Å². The number of benzene rings is 1. The third-order valence-corrected chi connectivity index (χ3v) is 4.90. The van der Waals surface area contributed by atoms with E-state index in [4.69, 9.17) is 5.73 Å². The van der Waals surface area contributed by atoms with Crippen LogP contribution in [0.1, 0.15) is 40.0 Å². The zero-order valence-corrected chi connectivity index (χ0v) is 13.8. The van der Waals surface area contributed by atoms with Crippen molar-refractivity contribution in [3.05, 3.63) is 22.7 Å². The second kappa shape index (κ2) is 5.74. The number of nitrogen functional groups attached to an aromatic ring is 1. The molecule has 1 aliphatic rings. The number of hydrogen-bond acceptors (Lipinski definition) is 2. The van der Waals surface area contributed by atoms with Gasteiger partial charge < -0.3 is 10.6 Å². The topological polar surface area (TPSA) is 29.3 Å². The van der Waals surface area contributed by atoms with Crippen molar-refractivity contribution in [3.8, 4) is 0 Å². The minimum Gasteiger partial charge on any atom is -0.399 e. The van der Waals surface area contributed by atoms with E-state index in [0.29, 0.717) is 5.41 Å². The van der Waals surface area contributed by atoms with E-state index in [1.807, 2.05) is 12.1 Å². The highest BCUT2D eigenvalue weighted by molar-refractivity contribution is 9.10. The molecule has 1 heterocycles. The van der Waals surface area contributed by atoms with Crippen molar-refractivity contribution < 1.29 is 0 Å². The molecular weight excluding hydrogens is 300 g/mol. The van der Waals surface area contributed by atoms with Crippen molar-refractivity contribution >= 4 is 27.3 Å². The van der Waals surface area contributed by atoms with Crippen LogP contribution in [-0.2, 0) is 0 Å². The van der Waals surface area contributed by atoms with Gasteiger partial charge in [0.05, 0.1) is 5.69 Å². The van der Waals surface area contributed by atoms with Crippen LogP contribution in [0.25, 0.3) is 0 Å². The lowest BCUT2D eigenvalue weighted by Crippen LogP contribution is -2.26. The van der Waals surface area contributed by atoms with Gasteiger partial charge in [-0.25, -0.2) is 0 Å². The van der Waals surface area contributed by atoms with Gasteiger partial charge in [0, 0.05) is 23.2 Å². The number of anilines is 2. The summed E-state index contributed by atoms with van der Waals surface area (Å²) >= 11 is 3.64. The maximum atomic E-state index is 5.82. The third kappa shape index (κ3) is 3.65. The molecule has 0 saturated carbocycles. The predicted molar refractivity (Wildman–Crippen MR) is 87.6 cm³/mol. The molecule has 1 aromatic rings. The molecule has 1 unspecified atom stereocenters. The Bertz CT molecular complexity index is 437. The maximum Gasteiger partial charge on any atom is 0.0512 e. The summed E-state index contributed by atoms with van der Waals surface area (Å²) in [7, 11) is 0. The average Bonchev–Trinajstić information content (AvgIpc) is 2.54. The van der Waals surface area contributed by atoms with Crippen LogP contribution in [0.3, 0.4) is 0 Å². The van der Waals surface area contributed by atoms with Gasteiger partial charge in [0.25, 0.3) is 0 Å². The summed E-state index contributed by atoms with van der Waals surface area (Å²) in [5.41, 5.74) is 8.34. The van der Waals surface area contributed by atoms with Crippen LogP contribution >= 0.6 is 15.9 Å². The zero-order chi connectivity index (χ0) is 14.0. The lowest BCUT2D eigenvalue weighted by Gasteiger charge is -2.30. The summed E-state index contributed by atoms with van der Waals surface area (Å²) in [6.45, 7) is 9.39. The molecule has 2 rings (SSSR count). The first-order chi connectivity index (χ1) is 8.88. The van der Waals surface area contributed by atoms with E-state index in [9.17, 15) is 0 Å². The van der Waals surface area contributed by atoms with Gasteiger partial charge in [-0.3, -0.25) is 0 Å². The highest BCUT2D eigenvalue weighted by Crippen LogP contribution is 2.36. The van der Waals surface area contributed by atoms with Gasteiger partial charge in [0.15, 0.2) is 0 Å². The van der Waals surface area contributed by atoms with E-state index in [1.54, 1.807) is 0 Å². The highest BCUT2D eigenvalue weighted by atomic mass is 79.9. The summed E-state index contributed by atoms with van der Waals surface area (Å²) in [6.07, 6.45) is 3.89. The molecule has 0 aromatic heterocycles. The van der Waals surface area contributed by atoms with Crippen molar-refractivity contribution in [1.82, 2.24) is 0 Å². The Hall–Kier alpha value is -0.700. The zero-order valence-electron chi connectivity index (χ0n) is 12.2. The molecule has 0 amide bonds. The molecule has 0 aliphatic carbocycles. The molecule has 0 spiro atoms. The summed E-state index contributed by atoms with van der Waals surface area (Å²) in [5.74, 6) is 0.824. The van der Waals surface area contributed by atoms with Crippen LogP contribution in [0.5, 0.6) is 0 Å². The van der Waals surface area contributed by atoms with Gasteiger partial charge in [-0.05, 0) is 64.7 Å². The van der Waals surface area contributed by atoms with Crippen molar-refractivity contribution in [2.45, 2.75) is 40.0 Å². The predicted octanol–water partition coefficient (Wildman–Crippen LogP) is 4.68. The molecule has 1 fully saturated rings. The van der Waals surface area contributed by atoms with Gasteiger partial charge in [0.2, 0.25) is 0 Å². The van der Waals surface area contributed by atoms with E-state index in [1.165, 1.54) is 24.9 Å². The second-order valence-corrected chi connectivity index (χ2v) is 7.55. The normalized spacial score (nSPS) is 21.3.